The highest BCUT2D eigenvalue weighted by atomic mass is 16.4. The highest BCUT2D eigenvalue weighted by Gasteiger charge is 2.12. The molecule has 1 N–H and O–H groups in total. The quantitative estimate of drug-likeness (QED) is 0.898. The molecule has 1 aromatic heterocycles. The second kappa shape index (κ2) is 5.04. The van der Waals surface area contributed by atoms with Gasteiger partial charge in [0.15, 0.2) is 0 Å². The number of rotatable bonds is 4. The van der Waals surface area contributed by atoms with Crippen molar-refractivity contribution in [3.05, 3.63) is 53.6 Å². The number of aromatic nitrogens is 2. The van der Waals surface area contributed by atoms with Crippen LogP contribution in [-0.2, 0) is 11.3 Å². The van der Waals surface area contributed by atoms with Crippen molar-refractivity contribution in [2.24, 2.45) is 0 Å². The highest BCUT2D eigenvalue weighted by Crippen LogP contribution is 2.16. The van der Waals surface area contributed by atoms with Gasteiger partial charge in [-0.15, -0.1) is 0 Å². The standard InChI is InChI=1S/C14H16N2O2/c1-10(14(17)18)13-5-3-12(4-6-13)9-16-8-7-15-11(16)2/h3-8,10H,9H2,1-2H3,(H,17,18). The number of benzene rings is 1. The number of aryl methyl sites for hydroxylation is 1. The molecule has 0 aliphatic heterocycles. The minimum absolute atomic E-state index is 0.464. The first-order chi connectivity index (χ1) is 8.58. The van der Waals surface area contributed by atoms with E-state index in [4.69, 9.17) is 5.11 Å². The van der Waals surface area contributed by atoms with Crippen LogP contribution in [0, 0.1) is 6.92 Å². The van der Waals surface area contributed by atoms with Gasteiger partial charge in [-0.3, -0.25) is 4.79 Å². The van der Waals surface area contributed by atoms with Crippen LogP contribution >= 0.6 is 0 Å². The van der Waals surface area contributed by atoms with E-state index in [1.54, 1.807) is 13.1 Å². The maximum Gasteiger partial charge on any atom is 0.310 e. The molecule has 1 atom stereocenters. The summed E-state index contributed by atoms with van der Waals surface area (Å²) in [6.07, 6.45) is 3.71. The molecule has 0 spiro atoms. The van der Waals surface area contributed by atoms with Crippen molar-refractivity contribution < 1.29 is 9.90 Å². The second-order valence-corrected chi connectivity index (χ2v) is 4.40. The molecule has 4 heteroatoms. The highest BCUT2D eigenvalue weighted by molar-refractivity contribution is 5.75. The first kappa shape index (κ1) is 12.4. The van der Waals surface area contributed by atoms with Gasteiger partial charge in [-0.1, -0.05) is 24.3 Å². The van der Waals surface area contributed by atoms with E-state index < -0.39 is 11.9 Å². The molecule has 94 valence electrons. The summed E-state index contributed by atoms with van der Waals surface area (Å²) in [6, 6.07) is 7.68. The molecule has 4 nitrogen and oxygen atoms in total. The Morgan fingerprint density at radius 3 is 2.56 bits per heavy atom. The maximum absolute atomic E-state index is 10.9. The number of hydrogen-bond acceptors (Lipinski definition) is 2. The molecule has 2 aromatic rings. The summed E-state index contributed by atoms with van der Waals surface area (Å²) in [5, 5.41) is 8.94. The lowest BCUT2D eigenvalue weighted by Gasteiger charge is -2.09. The predicted molar refractivity (Wildman–Crippen MR) is 68.6 cm³/mol. The van der Waals surface area contributed by atoms with E-state index in [1.807, 2.05) is 37.4 Å². The van der Waals surface area contributed by atoms with Crippen molar-refractivity contribution in [2.45, 2.75) is 26.3 Å². The normalized spacial score (nSPS) is 12.3. The Morgan fingerprint density at radius 2 is 2.06 bits per heavy atom. The smallest absolute Gasteiger partial charge is 0.310 e. The van der Waals surface area contributed by atoms with Crippen LogP contribution in [0.3, 0.4) is 0 Å². The van der Waals surface area contributed by atoms with Crippen molar-refractivity contribution in [3.8, 4) is 0 Å². The summed E-state index contributed by atoms with van der Waals surface area (Å²) in [6.45, 7) is 4.41. The molecule has 0 radical (unpaired) electrons. The van der Waals surface area contributed by atoms with E-state index in [0.29, 0.717) is 0 Å². The number of carbonyl (C=O) groups is 1. The monoisotopic (exact) mass is 244 g/mol. The summed E-state index contributed by atoms with van der Waals surface area (Å²) >= 11 is 0. The van der Waals surface area contributed by atoms with Crippen molar-refractivity contribution in [3.63, 3.8) is 0 Å². The van der Waals surface area contributed by atoms with Gasteiger partial charge in [-0.2, -0.15) is 0 Å². The Labute approximate surface area is 106 Å². The Balaban J connectivity index is 2.13. The van der Waals surface area contributed by atoms with Crippen molar-refractivity contribution in [2.75, 3.05) is 0 Å². The predicted octanol–water partition coefficient (Wildman–Crippen LogP) is 2.43. The molecule has 0 aliphatic rings. The molecule has 0 saturated heterocycles. The Hall–Kier alpha value is -2.10. The van der Waals surface area contributed by atoms with E-state index >= 15 is 0 Å². The maximum atomic E-state index is 10.9. The van der Waals surface area contributed by atoms with Gasteiger partial charge in [0.25, 0.3) is 0 Å². The summed E-state index contributed by atoms with van der Waals surface area (Å²) in [7, 11) is 0. The third-order valence-electron chi connectivity index (χ3n) is 3.13. The molecule has 0 bridgehead atoms. The van der Waals surface area contributed by atoms with Crippen molar-refractivity contribution in [1.82, 2.24) is 9.55 Å². The number of aliphatic carboxylic acids is 1. The van der Waals surface area contributed by atoms with Gasteiger partial charge in [0.05, 0.1) is 5.92 Å². The molecule has 1 unspecified atom stereocenters. The van der Waals surface area contributed by atoms with Gasteiger partial charge in [0.2, 0.25) is 0 Å². The fourth-order valence-electron chi connectivity index (χ4n) is 1.82. The largest absolute Gasteiger partial charge is 0.481 e. The Kier molecular flexibility index (Phi) is 3.46. The Bertz CT molecular complexity index is 543. The van der Waals surface area contributed by atoms with Crippen LogP contribution in [0.5, 0.6) is 0 Å². The van der Waals surface area contributed by atoms with Gasteiger partial charge in [0, 0.05) is 18.9 Å². The van der Waals surface area contributed by atoms with Crippen LogP contribution in [0.25, 0.3) is 0 Å². The zero-order chi connectivity index (χ0) is 13.1. The first-order valence-electron chi connectivity index (χ1n) is 5.87. The van der Waals surface area contributed by atoms with E-state index in [2.05, 4.69) is 9.55 Å². The van der Waals surface area contributed by atoms with Crippen LogP contribution < -0.4 is 0 Å². The van der Waals surface area contributed by atoms with Crippen molar-refractivity contribution in [1.29, 1.82) is 0 Å². The number of imidazole rings is 1. The third-order valence-corrected chi connectivity index (χ3v) is 3.13. The van der Waals surface area contributed by atoms with Gasteiger partial charge in [-0.05, 0) is 25.0 Å². The van der Waals surface area contributed by atoms with E-state index in [0.717, 1.165) is 23.5 Å². The number of carboxylic acid groups (broad SMARTS) is 1. The molecule has 0 aliphatic carbocycles. The first-order valence-corrected chi connectivity index (χ1v) is 5.87. The molecule has 1 aromatic carbocycles. The number of nitrogens with zero attached hydrogens (tertiary/aromatic N) is 2. The zero-order valence-corrected chi connectivity index (χ0v) is 10.5. The van der Waals surface area contributed by atoms with Crippen LogP contribution in [0.1, 0.15) is 29.8 Å². The number of hydrogen-bond donors (Lipinski definition) is 1. The topological polar surface area (TPSA) is 55.1 Å². The van der Waals surface area contributed by atoms with Crippen LogP contribution in [0.2, 0.25) is 0 Å². The average Bonchev–Trinajstić information content (AvgIpc) is 2.75. The molecule has 0 saturated carbocycles. The third kappa shape index (κ3) is 2.59. The molecule has 0 fully saturated rings. The van der Waals surface area contributed by atoms with E-state index in [-0.39, 0.29) is 0 Å². The molecular formula is C14H16N2O2. The molecule has 1 heterocycles. The number of carboxylic acids is 1. The Morgan fingerprint density at radius 1 is 1.39 bits per heavy atom. The lowest BCUT2D eigenvalue weighted by molar-refractivity contribution is -0.138. The lowest BCUT2D eigenvalue weighted by atomic mass is 10.00. The van der Waals surface area contributed by atoms with Crippen LogP contribution in [0.15, 0.2) is 36.7 Å². The minimum Gasteiger partial charge on any atom is -0.481 e. The molecule has 2 rings (SSSR count). The van der Waals surface area contributed by atoms with Crippen LogP contribution in [0.4, 0.5) is 0 Å². The minimum atomic E-state index is -0.798. The molecular weight excluding hydrogens is 228 g/mol. The SMILES string of the molecule is Cc1nccn1Cc1ccc(C(C)C(=O)O)cc1. The van der Waals surface area contributed by atoms with E-state index in [1.165, 1.54) is 0 Å². The summed E-state index contributed by atoms with van der Waals surface area (Å²) in [5.41, 5.74) is 1.96. The van der Waals surface area contributed by atoms with Gasteiger partial charge in [0.1, 0.15) is 5.82 Å². The summed E-state index contributed by atoms with van der Waals surface area (Å²) in [4.78, 5) is 15.0. The fourth-order valence-corrected chi connectivity index (χ4v) is 1.82. The zero-order valence-electron chi connectivity index (χ0n) is 10.5. The van der Waals surface area contributed by atoms with Gasteiger partial charge in [-0.25, -0.2) is 4.98 Å². The summed E-state index contributed by atoms with van der Waals surface area (Å²) in [5.74, 6) is -0.291. The second-order valence-electron chi connectivity index (χ2n) is 4.40. The average molecular weight is 244 g/mol. The molecule has 0 amide bonds. The van der Waals surface area contributed by atoms with Gasteiger partial charge >= 0.3 is 5.97 Å². The van der Waals surface area contributed by atoms with E-state index in [9.17, 15) is 4.79 Å². The van der Waals surface area contributed by atoms with Crippen LogP contribution in [-0.4, -0.2) is 20.6 Å². The van der Waals surface area contributed by atoms with Gasteiger partial charge < -0.3 is 9.67 Å². The lowest BCUT2D eigenvalue weighted by Crippen LogP contribution is -2.07. The fraction of sp³-hybridized carbons (Fsp3) is 0.286. The summed E-state index contributed by atoms with van der Waals surface area (Å²) < 4.78 is 2.05. The molecule has 18 heavy (non-hydrogen) atoms. The van der Waals surface area contributed by atoms with Crippen molar-refractivity contribution >= 4 is 5.97 Å².